The number of nitrogens with zero attached hydrogens (tertiary/aromatic N) is 5. The summed E-state index contributed by atoms with van der Waals surface area (Å²) >= 11 is 0. The fourth-order valence-electron chi connectivity index (χ4n) is 4.05. The molecule has 35 heavy (non-hydrogen) atoms. The molecule has 0 aliphatic carbocycles. The third-order valence-corrected chi connectivity index (χ3v) is 6.09. The molecule has 0 bridgehead atoms. The summed E-state index contributed by atoms with van der Waals surface area (Å²) in [5.41, 5.74) is 1.72. The summed E-state index contributed by atoms with van der Waals surface area (Å²) in [7, 11) is 2.07. The van der Waals surface area contributed by atoms with Gasteiger partial charge in [-0.25, -0.2) is 8.78 Å². The van der Waals surface area contributed by atoms with Crippen LogP contribution in [0.1, 0.15) is 31.2 Å². The molecule has 0 saturated carbocycles. The Morgan fingerprint density at radius 3 is 2.54 bits per heavy atom. The Morgan fingerprint density at radius 2 is 1.83 bits per heavy atom. The minimum atomic E-state index is -0.658. The van der Waals surface area contributed by atoms with Gasteiger partial charge >= 0.3 is 0 Å². The van der Waals surface area contributed by atoms with Crippen molar-refractivity contribution in [3.05, 3.63) is 47.3 Å². The molecule has 0 radical (unpaired) electrons. The van der Waals surface area contributed by atoms with Gasteiger partial charge in [0.2, 0.25) is 11.8 Å². The predicted molar refractivity (Wildman–Crippen MR) is 131 cm³/mol. The van der Waals surface area contributed by atoms with Crippen molar-refractivity contribution < 1.29 is 13.5 Å². The number of ether oxygens (including phenoxy) is 1. The number of rotatable bonds is 6. The molecule has 184 valence electrons. The molecule has 3 N–H and O–H groups in total. The van der Waals surface area contributed by atoms with E-state index in [-0.39, 0.29) is 34.4 Å². The van der Waals surface area contributed by atoms with Gasteiger partial charge in [0, 0.05) is 61.2 Å². The number of H-pyrrole nitrogens is 2. The molecule has 0 unspecified atom stereocenters. The maximum Gasteiger partial charge on any atom is 0.233 e. The minimum absolute atomic E-state index is 0.0981. The molecule has 3 aromatic heterocycles. The van der Waals surface area contributed by atoms with Crippen LogP contribution in [0.25, 0.3) is 10.9 Å². The van der Waals surface area contributed by atoms with Crippen LogP contribution in [0.15, 0.2) is 24.3 Å². The van der Waals surface area contributed by atoms with Crippen molar-refractivity contribution in [2.75, 3.05) is 43.4 Å². The zero-order valence-electron chi connectivity index (χ0n) is 20.1. The number of likely N-dealkylation sites (N-methyl/N-ethyl adjacent to an activating group) is 1. The summed E-state index contributed by atoms with van der Waals surface area (Å²) in [6.45, 7) is 9.15. The Bertz CT molecular complexity index is 1360. The van der Waals surface area contributed by atoms with Crippen LogP contribution >= 0.6 is 0 Å². The number of fused-ring (bicyclic) bond motifs is 1. The van der Waals surface area contributed by atoms with Crippen molar-refractivity contribution in [3.8, 4) is 11.6 Å². The fraction of sp³-hybridized carbons (Fsp3) is 0.375. The summed E-state index contributed by atoms with van der Waals surface area (Å²) in [6, 6.07) is 6.10. The van der Waals surface area contributed by atoms with Crippen molar-refractivity contribution in [1.82, 2.24) is 30.0 Å². The van der Waals surface area contributed by atoms with E-state index < -0.39 is 11.6 Å². The predicted octanol–water partition coefficient (Wildman–Crippen LogP) is 4.68. The van der Waals surface area contributed by atoms with Crippen LogP contribution in [-0.4, -0.2) is 63.3 Å². The van der Waals surface area contributed by atoms with E-state index in [1.807, 2.05) is 6.07 Å². The van der Waals surface area contributed by atoms with E-state index in [4.69, 9.17) is 4.74 Å². The molecule has 0 spiro atoms. The maximum atomic E-state index is 15.2. The van der Waals surface area contributed by atoms with Crippen LogP contribution in [0.2, 0.25) is 0 Å². The molecule has 11 heteroatoms. The molecule has 4 aromatic rings. The van der Waals surface area contributed by atoms with Crippen molar-refractivity contribution in [3.63, 3.8) is 0 Å². The summed E-state index contributed by atoms with van der Waals surface area (Å²) in [6.07, 6.45) is 0. The molecule has 5 rings (SSSR count). The van der Waals surface area contributed by atoms with E-state index in [0.29, 0.717) is 17.3 Å². The van der Waals surface area contributed by atoms with Gasteiger partial charge in [-0.3, -0.25) is 5.10 Å². The highest BCUT2D eigenvalue weighted by Crippen LogP contribution is 2.33. The highest BCUT2D eigenvalue weighted by Gasteiger charge is 2.21. The normalized spacial score (nSPS) is 14.8. The van der Waals surface area contributed by atoms with Crippen LogP contribution < -0.4 is 15.0 Å². The first-order chi connectivity index (χ1) is 16.8. The Morgan fingerprint density at radius 1 is 1.06 bits per heavy atom. The van der Waals surface area contributed by atoms with Gasteiger partial charge in [-0.15, -0.1) is 0 Å². The molecule has 1 aromatic carbocycles. The fourth-order valence-corrected chi connectivity index (χ4v) is 4.05. The summed E-state index contributed by atoms with van der Waals surface area (Å²) < 4.78 is 35.6. The van der Waals surface area contributed by atoms with Gasteiger partial charge in [0.05, 0.1) is 5.52 Å². The topological polar surface area (TPSA) is 98.0 Å². The lowest BCUT2D eigenvalue weighted by atomic mass is 10.1. The molecule has 1 fully saturated rings. The second-order valence-electron chi connectivity index (χ2n) is 9.18. The van der Waals surface area contributed by atoms with Gasteiger partial charge in [0.15, 0.2) is 23.2 Å². The van der Waals surface area contributed by atoms with Crippen molar-refractivity contribution in [2.45, 2.75) is 26.7 Å². The van der Waals surface area contributed by atoms with E-state index in [0.717, 1.165) is 37.9 Å². The lowest BCUT2D eigenvalue weighted by molar-refractivity contribution is 0.312. The molecule has 1 aliphatic rings. The van der Waals surface area contributed by atoms with Crippen LogP contribution in [0.3, 0.4) is 0 Å². The van der Waals surface area contributed by atoms with Gasteiger partial charge in [-0.2, -0.15) is 15.1 Å². The number of nitrogens with one attached hydrogen (secondary N) is 3. The number of aromatic amines is 2. The molecular weight excluding hydrogens is 454 g/mol. The van der Waals surface area contributed by atoms with E-state index in [2.05, 4.69) is 61.2 Å². The van der Waals surface area contributed by atoms with Gasteiger partial charge in [-0.1, -0.05) is 13.8 Å². The van der Waals surface area contributed by atoms with Crippen LogP contribution in [-0.2, 0) is 0 Å². The van der Waals surface area contributed by atoms with Gasteiger partial charge in [-0.05, 0) is 26.0 Å². The highest BCUT2D eigenvalue weighted by molar-refractivity contribution is 5.83. The number of hydrogen-bond donors (Lipinski definition) is 3. The number of benzene rings is 1. The Labute approximate surface area is 201 Å². The first kappa shape index (κ1) is 23.0. The number of halogens is 2. The number of anilines is 3. The molecule has 4 heterocycles. The lowest BCUT2D eigenvalue weighted by Gasteiger charge is -2.33. The number of aryl methyl sites for hydroxylation is 1. The standard InChI is InChI=1S/C24H28F2N8O/c1-13(2)17-11-19(32-31-17)28-24-29-20(34-7-5-33(4)6-8-34)12-21(30-24)35-18-10-16(25)23-15(22(18)26)9-14(3)27-23/h9-13,27H,5-8H2,1-4H3,(H2,28,29,30,31,32). The molecule has 1 saturated heterocycles. The molecule has 0 amide bonds. The van der Waals surface area contributed by atoms with Crippen LogP contribution in [0.5, 0.6) is 11.6 Å². The molecular formula is C24H28F2N8O. The second kappa shape index (κ2) is 9.14. The zero-order valence-corrected chi connectivity index (χ0v) is 20.1. The van der Waals surface area contributed by atoms with E-state index in [1.54, 1.807) is 19.1 Å². The Hall–Kier alpha value is -3.73. The zero-order chi connectivity index (χ0) is 24.7. The first-order valence-electron chi connectivity index (χ1n) is 11.6. The number of aromatic nitrogens is 5. The van der Waals surface area contributed by atoms with Crippen molar-refractivity contribution >= 4 is 28.5 Å². The van der Waals surface area contributed by atoms with E-state index in [9.17, 15) is 4.39 Å². The number of hydrogen-bond acceptors (Lipinski definition) is 7. The summed E-state index contributed by atoms with van der Waals surface area (Å²) in [5, 5.41) is 10.5. The third kappa shape index (κ3) is 4.76. The smallest absolute Gasteiger partial charge is 0.233 e. The highest BCUT2D eigenvalue weighted by atomic mass is 19.1. The van der Waals surface area contributed by atoms with Crippen molar-refractivity contribution in [1.29, 1.82) is 0 Å². The quantitative estimate of drug-likeness (QED) is 0.367. The average Bonchev–Trinajstić information content (AvgIpc) is 3.45. The van der Waals surface area contributed by atoms with E-state index in [1.165, 1.54) is 0 Å². The lowest BCUT2D eigenvalue weighted by Crippen LogP contribution is -2.44. The van der Waals surface area contributed by atoms with Crippen LogP contribution in [0.4, 0.5) is 26.4 Å². The minimum Gasteiger partial charge on any atom is -0.436 e. The molecule has 0 atom stereocenters. The van der Waals surface area contributed by atoms with Gasteiger partial charge in [0.25, 0.3) is 0 Å². The maximum absolute atomic E-state index is 15.2. The van der Waals surface area contributed by atoms with Gasteiger partial charge in [0.1, 0.15) is 5.82 Å². The van der Waals surface area contributed by atoms with Gasteiger partial charge < -0.3 is 24.8 Å². The Kier molecular flexibility index (Phi) is 6.01. The summed E-state index contributed by atoms with van der Waals surface area (Å²) in [5.74, 6) is 0.298. The first-order valence-corrected chi connectivity index (χ1v) is 11.6. The summed E-state index contributed by atoms with van der Waals surface area (Å²) in [4.78, 5) is 16.2. The molecule has 9 nitrogen and oxygen atoms in total. The molecule has 1 aliphatic heterocycles. The second-order valence-corrected chi connectivity index (χ2v) is 9.18. The average molecular weight is 483 g/mol. The third-order valence-electron chi connectivity index (χ3n) is 6.09. The SMILES string of the molecule is Cc1cc2c(F)c(Oc3cc(N4CCN(C)CC4)nc(Nc4cc(C(C)C)[nH]n4)n3)cc(F)c2[nH]1. The number of piperazine rings is 1. The largest absolute Gasteiger partial charge is 0.436 e. The Balaban J connectivity index is 1.50. The van der Waals surface area contributed by atoms with E-state index >= 15 is 4.39 Å². The monoisotopic (exact) mass is 482 g/mol. The van der Waals surface area contributed by atoms with Crippen LogP contribution in [0, 0.1) is 18.6 Å². The van der Waals surface area contributed by atoms with Crippen molar-refractivity contribution in [2.24, 2.45) is 0 Å².